The van der Waals surface area contributed by atoms with Gasteiger partial charge in [0, 0.05) is 5.56 Å². The van der Waals surface area contributed by atoms with Crippen LogP contribution in [0.25, 0.3) is 0 Å². The van der Waals surface area contributed by atoms with Crippen molar-refractivity contribution in [1.29, 1.82) is 0 Å². The SMILES string of the molecule is O=C(OCC(COC(=O)c1ccccc1)(COC(=O)c1ccccc1)COC(O)c1ccccc1)c1ccccc1. The van der Waals surface area contributed by atoms with E-state index < -0.39 is 29.6 Å². The highest BCUT2D eigenvalue weighted by atomic mass is 16.6. The van der Waals surface area contributed by atoms with Crippen molar-refractivity contribution >= 4 is 17.9 Å². The van der Waals surface area contributed by atoms with E-state index in [1.54, 1.807) is 121 Å². The fourth-order valence-electron chi connectivity index (χ4n) is 3.85. The summed E-state index contributed by atoms with van der Waals surface area (Å²) >= 11 is 0. The van der Waals surface area contributed by atoms with Gasteiger partial charge in [-0.1, -0.05) is 84.9 Å². The van der Waals surface area contributed by atoms with Gasteiger partial charge in [0.05, 0.1) is 28.7 Å². The molecule has 0 aliphatic carbocycles. The summed E-state index contributed by atoms with van der Waals surface area (Å²) in [5.74, 6) is -1.87. The van der Waals surface area contributed by atoms with Crippen LogP contribution in [0.4, 0.5) is 0 Å². The molecular formula is C33H30O8. The molecule has 1 N–H and O–H groups in total. The summed E-state index contributed by atoms with van der Waals surface area (Å²) in [6.45, 7) is -1.31. The quantitative estimate of drug-likeness (QED) is 0.136. The highest BCUT2D eigenvalue weighted by molar-refractivity contribution is 5.90. The van der Waals surface area contributed by atoms with Crippen LogP contribution in [-0.2, 0) is 18.9 Å². The minimum atomic E-state index is -1.37. The second kappa shape index (κ2) is 14.6. The Labute approximate surface area is 238 Å². The Morgan fingerprint density at radius 1 is 0.512 bits per heavy atom. The van der Waals surface area contributed by atoms with Gasteiger partial charge < -0.3 is 24.1 Å². The van der Waals surface area contributed by atoms with Crippen LogP contribution in [-0.4, -0.2) is 49.4 Å². The van der Waals surface area contributed by atoms with Crippen LogP contribution >= 0.6 is 0 Å². The van der Waals surface area contributed by atoms with Crippen molar-refractivity contribution in [1.82, 2.24) is 0 Å². The van der Waals surface area contributed by atoms with Gasteiger partial charge >= 0.3 is 17.9 Å². The van der Waals surface area contributed by atoms with E-state index in [0.29, 0.717) is 22.3 Å². The number of aliphatic hydroxyl groups is 1. The largest absolute Gasteiger partial charge is 0.461 e. The number of carbonyl (C=O) groups is 3. The third kappa shape index (κ3) is 8.60. The fourth-order valence-corrected chi connectivity index (χ4v) is 3.85. The lowest BCUT2D eigenvalue weighted by atomic mass is 9.92. The lowest BCUT2D eigenvalue weighted by Gasteiger charge is -2.32. The third-order valence-corrected chi connectivity index (χ3v) is 6.19. The minimum absolute atomic E-state index is 0.282. The lowest BCUT2D eigenvalue weighted by Crippen LogP contribution is -2.43. The molecule has 0 aliphatic heterocycles. The summed E-state index contributed by atoms with van der Waals surface area (Å²) in [7, 11) is 0. The molecule has 0 bridgehead atoms. The van der Waals surface area contributed by atoms with Crippen LogP contribution in [0, 0.1) is 5.41 Å². The Hall–Kier alpha value is -4.79. The standard InChI is InChI=1S/C33H30O8/c34-29(25-13-5-1-6-14-25)38-21-33(22-39-30(35)26-15-7-2-8-16-26,23-40-31(36)27-17-9-3-10-18-27)24-41-32(37)28-19-11-4-12-20-28/h1-20,29,34H,21-24H2. The molecular weight excluding hydrogens is 524 g/mol. The predicted octanol–water partition coefficient (Wildman–Crippen LogP) is 5.25. The van der Waals surface area contributed by atoms with E-state index in [0.717, 1.165) is 0 Å². The Kier molecular flexibility index (Phi) is 10.4. The van der Waals surface area contributed by atoms with Crippen LogP contribution in [0.15, 0.2) is 121 Å². The van der Waals surface area contributed by atoms with Crippen molar-refractivity contribution in [3.8, 4) is 0 Å². The lowest BCUT2D eigenvalue weighted by molar-refractivity contribution is -0.154. The molecule has 0 fully saturated rings. The average molecular weight is 555 g/mol. The van der Waals surface area contributed by atoms with E-state index >= 15 is 0 Å². The maximum absolute atomic E-state index is 12.8. The molecule has 0 saturated heterocycles. The van der Waals surface area contributed by atoms with Gasteiger partial charge in [-0.25, -0.2) is 14.4 Å². The Morgan fingerprint density at radius 2 is 0.829 bits per heavy atom. The van der Waals surface area contributed by atoms with Crippen molar-refractivity contribution in [3.05, 3.63) is 144 Å². The predicted molar refractivity (Wildman–Crippen MR) is 150 cm³/mol. The van der Waals surface area contributed by atoms with Crippen LogP contribution in [0.1, 0.15) is 42.9 Å². The van der Waals surface area contributed by atoms with Gasteiger partial charge in [-0.15, -0.1) is 0 Å². The highest BCUT2D eigenvalue weighted by Gasteiger charge is 2.38. The average Bonchev–Trinajstić information content (AvgIpc) is 3.05. The van der Waals surface area contributed by atoms with Gasteiger partial charge in [0.15, 0.2) is 6.29 Å². The van der Waals surface area contributed by atoms with Crippen molar-refractivity contribution < 1.29 is 38.4 Å². The minimum Gasteiger partial charge on any atom is -0.461 e. The van der Waals surface area contributed by atoms with Crippen molar-refractivity contribution in [2.45, 2.75) is 6.29 Å². The fraction of sp³-hybridized carbons (Fsp3) is 0.182. The second-order valence-corrected chi connectivity index (χ2v) is 9.40. The van der Waals surface area contributed by atoms with Crippen molar-refractivity contribution in [2.75, 3.05) is 26.4 Å². The molecule has 4 aromatic carbocycles. The molecule has 0 saturated carbocycles. The van der Waals surface area contributed by atoms with Crippen LogP contribution < -0.4 is 0 Å². The number of hydrogen-bond acceptors (Lipinski definition) is 8. The molecule has 0 aliphatic rings. The van der Waals surface area contributed by atoms with Gasteiger partial charge in [-0.2, -0.15) is 0 Å². The highest BCUT2D eigenvalue weighted by Crippen LogP contribution is 2.26. The molecule has 4 rings (SSSR count). The summed E-state index contributed by atoms with van der Waals surface area (Å²) in [6.07, 6.45) is -1.34. The van der Waals surface area contributed by atoms with E-state index in [-0.39, 0.29) is 26.4 Å². The summed E-state index contributed by atoms with van der Waals surface area (Å²) in [5, 5.41) is 10.7. The molecule has 0 spiro atoms. The molecule has 8 heteroatoms. The topological polar surface area (TPSA) is 108 Å². The van der Waals surface area contributed by atoms with Gasteiger partial charge in [-0.05, 0) is 36.4 Å². The first-order chi connectivity index (χ1) is 20.0. The summed E-state index contributed by atoms with van der Waals surface area (Å²) in [4.78, 5) is 38.5. The normalized spacial score (nSPS) is 11.7. The first-order valence-electron chi connectivity index (χ1n) is 13.0. The molecule has 210 valence electrons. The number of ether oxygens (including phenoxy) is 4. The Morgan fingerprint density at radius 3 is 1.17 bits per heavy atom. The first kappa shape index (κ1) is 29.2. The zero-order valence-electron chi connectivity index (χ0n) is 22.3. The van der Waals surface area contributed by atoms with E-state index in [9.17, 15) is 19.5 Å². The number of rotatable bonds is 13. The first-order valence-corrected chi connectivity index (χ1v) is 13.0. The van der Waals surface area contributed by atoms with Gasteiger partial charge in [0.2, 0.25) is 0 Å². The smallest absolute Gasteiger partial charge is 0.338 e. The molecule has 0 heterocycles. The van der Waals surface area contributed by atoms with Crippen LogP contribution in [0.3, 0.4) is 0 Å². The molecule has 1 unspecified atom stereocenters. The van der Waals surface area contributed by atoms with Crippen LogP contribution in [0.2, 0.25) is 0 Å². The molecule has 0 radical (unpaired) electrons. The molecule has 0 amide bonds. The van der Waals surface area contributed by atoms with Gasteiger partial charge in [-0.3, -0.25) is 0 Å². The monoisotopic (exact) mass is 554 g/mol. The number of aliphatic hydroxyl groups excluding tert-OH is 1. The van der Waals surface area contributed by atoms with E-state index in [1.165, 1.54) is 0 Å². The molecule has 41 heavy (non-hydrogen) atoms. The van der Waals surface area contributed by atoms with Gasteiger partial charge in [0.25, 0.3) is 0 Å². The summed E-state index contributed by atoms with van der Waals surface area (Å²) in [6, 6.07) is 33.8. The van der Waals surface area contributed by atoms with E-state index in [2.05, 4.69) is 0 Å². The third-order valence-electron chi connectivity index (χ3n) is 6.19. The van der Waals surface area contributed by atoms with Crippen LogP contribution in [0.5, 0.6) is 0 Å². The molecule has 4 aromatic rings. The maximum atomic E-state index is 12.8. The van der Waals surface area contributed by atoms with E-state index in [1.807, 2.05) is 0 Å². The van der Waals surface area contributed by atoms with Gasteiger partial charge in [0.1, 0.15) is 19.8 Å². The van der Waals surface area contributed by atoms with Crippen molar-refractivity contribution in [2.24, 2.45) is 5.41 Å². The zero-order chi connectivity index (χ0) is 28.9. The Bertz CT molecular complexity index is 1260. The zero-order valence-corrected chi connectivity index (χ0v) is 22.3. The summed E-state index contributed by atoms with van der Waals surface area (Å²) < 4.78 is 22.7. The maximum Gasteiger partial charge on any atom is 0.338 e. The number of benzene rings is 4. The number of hydrogen-bond donors (Lipinski definition) is 1. The second-order valence-electron chi connectivity index (χ2n) is 9.40. The number of carbonyl (C=O) groups excluding carboxylic acids is 3. The van der Waals surface area contributed by atoms with E-state index in [4.69, 9.17) is 18.9 Å². The van der Waals surface area contributed by atoms with Crippen molar-refractivity contribution in [3.63, 3.8) is 0 Å². The molecule has 0 aromatic heterocycles. The number of esters is 3. The molecule has 8 nitrogen and oxygen atoms in total. The summed E-state index contributed by atoms with van der Waals surface area (Å²) in [5.41, 5.74) is 0.0672. The molecule has 1 atom stereocenters. The Balaban J connectivity index is 1.58.